The summed E-state index contributed by atoms with van der Waals surface area (Å²) in [6, 6.07) is 0. The van der Waals surface area contributed by atoms with Crippen molar-refractivity contribution in [3.05, 3.63) is 60.8 Å². The number of unbranched alkanes of at least 4 members (excludes halogenated alkanes) is 2. The SMILES string of the molecule is CCC=CC[C@H](O)C=CC=CCC=CC=C[C@@H](O)CCCCCC(=O)O. The fraction of sp³-hybridized carbons (Fsp3) is 0.500. The number of aliphatic hydroxyl groups is 2. The Labute approximate surface area is 157 Å². The van der Waals surface area contributed by atoms with Gasteiger partial charge in [-0.05, 0) is 32.1 Å². The van der Waals surface area contributed by atoms with Crippen LogP contribution in [0.2, 0.25) is 0 Å². The first-order valence-electron chi connectivity index (χ1n) is 9.45. The lowest BCUT2D eigenvalue weighted by Crippen LogP contribution is -2.01. The normalized spacial score (nSPS) is 15.2. The van der Waals surface area contributed by atoms with Gasteiger partial charge >= 0.3 is 5.97 Å². The minimum atomic E-state index is -0.763. The van der Waals surface area contributed by atoms with Gasteiger partial charge in [0.05, 0.1) is 12.2 Å². The Kier molecular flexibility index (Phi) is 16.6. The van der Waals surface area contributed by atoms with Crippen molar-refractivity contribution in [2.24, 2.45) is 0 Å². The summed E-state index contributed by atoms with van der Waals surface area (Å²) in [6.07, 6.45) is 23.7. The maximum atomic E-state index is 10.4. The first-order valence-corrected chi connectivity index (χ1v) is 9.45. The van der Waals surface area contributed by atoms with Crippen molar-refractivity contribution < 1.29 is 20.1 Å². The highest BCUT2D eigenvalue weighted by Crippen LogP contribution is 2.07. The van der Waals surface area contributed by atoms with Crippen molar-refractivity contribution in [2.45, 2.75) is 70.5 Å². The molecule has 0 aliphatic carbocycles. The quantitative estimate of drug-likeness (QED) is 0.224. The molecule has 146 valence electrons. The summed E-state index contributed by atoms with van der Waals surface area (Å²) in [5.74, 6) is -0.763. The molecule has 0 heterocycles. The highest BCUT2D eigenvalue weighted by atomic mass is 16.4. The van der Waals surface area contributed by atoms with E-state index in [1.54, 1.807) is 12.2 Å². The number of hydrogen-bond acceptors (Lipinski definition) is 3. The molecule has 0 aromatic heterocycles. The predicted octanol–water partition coefficient (Wildman–Crippen LogP) is 4.71. The molecule has 0 radical (unpaired) electrons. The van der Waals surface area contributed by atoms with E-state index in [1.165, 1.54) is 0 Å². The second-order valence-electron chi connectivity index (χ2n) is 6.10. The van der Waals surface area contributed by atoms with Gasteiger partial charge in [-0.15, -0.1) is 0 Å². The monoisotopic (exact) mass is 362 g/mol. The third-order valence-electron chi connectivity index (χ3n) is 3.60. The van der Waals surface area contributed by atoms with Gasteiger partial charge in [-0.1, -0.05) is 80.5 Å². The van der Waals surface area contributed by atoms with Crippen LogP contribution in [0.15, 0.2) is 60.8 Å². The number of carbonyl (C=O) groups is 1. The van der Waals surface area contributed by atoms with E-state index in [9.17, 15) is 15.0 Å². The number of hydrogen-bond donors (Lipinski definition) is 3. The molecule has 3 N–H and O–H groups in total. The van der Waals surface area contributed by atoms with Gasteiger partial charge in [-0.25, -0.2) is 0 Å². The first kappa shape index (κ1) is 24.1. The Morgan fingerprint density at radius 1 is 0.846 bits per heavy atom. The highest BCUT2D eigenvalue weighted by Gasteiger charge is 2.00. The number of carboxylic acids is 1. The van der Waals surface area contributed by atoms with Gasteiger partial charge < -0.3 is 15.3 Å². The van der Waals surface area contributed by atoms with Crippen LogP contribution in [-0.2, 0) is 4.79 Å². The van der Waals surface area contributed by atoms with Crippen molar-refractivity contribution in [3.8, 4) is 0 Å². The summed E-state index contributed by atoms with van der Waals surface area (Å²) >= 11 is 0. The lowest BCUT2D eigenvalue weighted by atomic mass is 10.1. The zero-order valence-corrected chi connectivity index (χ0v) is 15.8. The fourth-order valence-corrected chi connectivity index (χ4v) is 2.16. The molecule has 0 aliphatic heterocycles. The van der Waals surface area contributed by atoms with Crippen LogP contribution in [-0.4, -0.2) is 33.5 Å². The number of carboxylic acid groups (broad SMARTS) is 1. The third kappa shape index (κ3) is 18.4. The van der Waals surface area contributed by atoms with Crippen LogP contribution in [0.25, 0.3) is 0 Å². The average molecular weight is 363 g/mol. The summed E-state index contributed by atoms with van der Waals surface area (Å²) in [6.45, 7) is 2.07. The van der Waals surface area contributed by atoms with Crippen molar-refractivity contribution >= 4 is 5.97 Å². The number of rotatable bonds is 15. The Morgan fingerprint density at radius 3 is 2.12 bits per heavy atom. The number of aliphatic hydroxyl groups excluding tert-OH is 2. The van der Waals surface area contributed by atoms with E-state index in [0.717, 1.165) is 25.7 Å². The molecule has 4 nitrogen and oxygen atoms in total. The molecule has 26 heavy (non-hydrogen) atoms. The van der Waals surface area contributed by atoms with E-state index < -0.39 is 18.2 Å². The maximum Gasteiger partial charge on any atom is 0.303 e. The lowest BCUT2D eigenvalue weighted by Gasteiger charge is -2.03. The van der Waals surface area contributed by atoms with Gasteiger partial charge in [-0.2, -0.15) is 0 Å². The summed E-state index contributed by atoms with van der Waals surface area (Å²) in [5.41, 5.74) is 0. The van der Waals surface area contributed by atoms with Gasteiger partial charge in [0.15, 0.2) is 0 Å². The standard InChI is InChI=1S/C22H34O4/c1-2-3-10-15-20(23)16-11-7-5-4-6-8-12-17-21(24)18-13-9-14-19-22(25)26/h3,5-8,10-12,16-17,20-21,23-24H,2,4,9,13-15,18-19H2,1H3,(H,25,26)/t20-,21+/m0/s1. The molecule has 0 rings (SSSR count). The molecule has 0 saturated heterocycles. The van der Waals surface area contributed by atoms with Gasteiger partial charge in [0.1, 0.15) is 0 Å². The topological polar surface area (TPSA) is 77.8 Å². The van der Waals surface area contributed by atoms with Crippen molar-refractivity contribution in [2.75, 3.05) is 0 Å². The summed E-state index contributed by atoms with van der Waals surface area (Å²) in [7, 11) is 0. The Hall–Kier alpha value is -1.91. The Balaban J connectivity index is 3.76. The van der Waals surface area contributed by atoms with Crippen LogP contribution in [0, 0.1) is 0 Å². The molecule has 0 aromatic carbocycles. The smallest absolute Gasteiger partial charge is 0.303 e. The van der Waals surface area contributed by atoms with Crippen LogP contribution in [0.1, 0.15) is 58.3 Å². The largest absolute Gasteiger partial charge is 0.481 e. The third-order valence-corrected chi connectivity index (χ3v) is 3.60. The Bertz CT molecular complexity index is 486. The average Bonchev–Trinajstić information content (AvgIpc) is 2.60. The molecule has 0 bridgehead atoms. The molecule has 0 fully saturated rings. The summed E-state index contributed by atoms with van der Waals surface area (Å²) in [5, 5.41) is 28.0. The van der Waals surface area contributed by atoms with Gasteiger partial charge in [-0.3, -0.25) is 4.79 Å². The zero-order chi connectivity index (χ0) is 19.5. The maximum absolute atomic E-state index is 10.4. The van der Waals surface area contributed by atoms with Crippen molar-refractivity contribution in [3.63, 3.8) is 0 Å². The molecule has 4 heteroatoms. The van der Waals surface area contributed by atoms with Crippen molar-refractivity contribution in [1.29, 1.82) is 0 Å². The number of allylic oxidation sites excluding steroid dienone is 7. The minimum absolute atomic E-state index is 0.201. The summed E-state index contributed by atoms with van der Waals surface area (Å²) in [4.78, 5) is 10.4. The first-order chi connectivity index (χ1) is 12.6. The molecule has 0 saturated carbocycles. The van der Waals surface area contributed by atoms with E-state index in [1.807, 2.05) is 48.6 Å². The molecule has 0 unspecified atom stereocenters. The highest BCUT2D eigenvalue weighted by molar-refractivity contribution is 5.66. The predicted molar refractivity (Wildman–Crippen MR) is 108 cm³/mol. The van der Waals surface area contributed by atoms with Crippen LogP contribution < -0.4 is 0 Å². The molecule has 0 amide bonds. The Morgan fingerprint density at radius 2 is 1.50 bits per heavy atom. The van der Waals surface area contributed by atoms with Crippen LogP contribution in [0.5, 0.6) is 0 Å². The van der Waals surface area contributed by atoms with E-state index in [2.05, 4.69) is 6.92 Å². The van der Waals surface area contributed by atoms with Crippen LogP contribution in [0.4, 0.5) is 0 Å². The summed E-state index contributed by atoms with van der Waals surface area (Å²) < 4.78 is 0. The van der Waals surface area contributed by atoms with E-state index >= 15 is 0 Å². The van der Waals surface area contributed by atoms with E-state index in [-0.39, 0.29) is 6.42 Å². The molecule has 0 aliphatic rings. The van der Waals surface area contributed by atoms with Crippen LogP contribution in [0.3, 0.4) is 0 Å². The van der Waals surface area contributed by atoms with Crippen LogP contribution >= 0.6 is 0 Å². The molecular weight excluding hydrogens is 328 g/mol. The molecule has 0 spiro atoms. The van der Waals surface area contributed by atoms with E-state index in [4.69, 9.17) is 5.11 Å². The molecule has 0 aromatic rings. The van der Waals surface area contributed by atoms with Gasteiger partial charge in [0, 0.05) is 6.42 Å². The molecular formula is C22H34O4. The minimum Gasteiger partial charge on any atom is -0.481 e. The number of aliphatic carboxylic acids is 1. The van der Waals surface area contributed by atoms with Gasteiger partial charge in [0.25, 0.3) is 0 Å². The lowest BCUT2D eigenvalue weighted by molar-refractivity contribution is -0.137. The second kappa shape index (κ2) is 17.9. The van der Waals surface area contributed by atoms with Crippen molar-refractivity contribution in [1.82, 2.24) is 0 Å². The van der Waals surface area contributed by atoms with Gasteiger partial charge in [0.2, 0.25) is 0 Å². The van der Waals surface area contributed by atoms with E-state index in [0.29, 0.717) is 19.3 Å². The molecule has 2 atom stereocenters. The zero-order valence-electron chi connectivity index (χ0n) is 15.8. The fourth-order valence-electron chi connectivity index (χ4n) is 2.16. The second-order valence-corrected chi connectivity index (χ2v) is 6.10.